The Labute approximate surface area is 192 Å². The topological polar surface area (TPSA) is 60.5 Å². The lowest BCUT2D eigenvalue weighted by atomic mass is 10.1. The lowest BCUT2D eigenvalue weighted by molar-refractivity contribution is -0.114. The highest BCUT2D eigenvalue weighted by Crippen LogP contribution is 2.43. The molecule has 8 heteroatoms. The number of thioether (sulfide) groups is 1. The number of anilines is 1. The highest BCUT2D eigenvalue weighted by Gasteiger charge is 2.29. The summed E-state index contributed by atoms with van der Waals surface area (Å²) < 4.78 is 21.8. The zero-order valence-electron chi connectivity index (χ0n) is 18.6. The first-order valence-corrected chi connectivity index (χ1v) is 11.4. The molecule has 0 atom stereocenters. The van der Waals surface area contributed by atoms with Gasteiger partial charge in [-0.05, 0) is 35.9 Å². The fraction of sp³-hybridized carbons (Fsp3) is 0.375. The standard InChI is InChI=1S/C24H28N2O5S/c1-28-19-14-17(15-20(29-2)23(19)30-3)16-22-24(27)26(9-8-25-10-12-31-13-11-25)18-6-4-5-7-21(18)32-22/h4-7,14-16H,8-13H2,1-3H3/b22-16-. The molecule has 0 aromatic heterocycles. The maximum atomic E-state index is 13.5. The van der Waals surface area contributed by atoms with Crippen LogP contribution in [0.25, 0.3) is 6.08 Å². The maximum Gasteiger partial charge on any atom is 0.265 e. The van der Waals surface area contributed by atoms with E-state index < -0.39 is 0 Å². The molecule has 0 bridgehead atoms. The van der Waals surface area contributed by atoms with E-state index in [4.69, 9.17) is 18.9 Å². The van der Waals surface area contributed by atoms with Crippen molar-refractivity contribution in [1.29, 1.82) is 0 Å². The summed E-state index contributed by atoms with van der Waals surface area (Å²) in [5.74, 6) is 1.63. The van der Waals surface area contributed by atoms with Crippen molar-refractivity contribution in [2.24, 2.45) is 0 Å². The minimum atomic E-state index is -0.00397. The zero-order valence-corrected chi connectivity index (χ0v) is 19.4. The molecule has 2 aromatic carbocycles. The van der Waals surface area contributed by atoms with Crippen LogP contribution in [0.2, 0.25) is 0 Å². The molecule has 7 nitrogen and oxygen atoms in total. The van der Waals surface area contributed by atoms with Gasteiger partial charge in [0.05, 0.1) is 45.1 Å². The van der Waals surface area contributed by atoms with Gasteiger partial charge in [0.2, 0.25) is 5.75 Å². The SMILES string of the molecule is COc1cc(/C=C2\Sc3ccccc3N(CCN3CCOCC3)C2=O)cc(OC)c1OC. The maximum absolute atomic E-state index is 13.5. The lowest BCUT2D eigenvalue weighted by Crippen LogP contribution is -2.44. The molecule has 2 aromatic rings. The Bertz CT molecular complexity index is 979. The summed E-state index contributed by atoms with van der Waals surface area (Å²) >= 11 is 1.49. The number of amides is 1. The van der Waals surface area contributed by atoms with Crippen molar-refractivity contribution in [2.75, 3.05) is 65.6 Å². The van der Waals surface area contributed by atoms with E-state index in [-0.39, 0.29) is 5.91 Å². The molecule has 0 saturated carbocycles. The predicted octanol–water partition coefficient (Wildman–Crippen LogP) is 3.52. The van der Waals surface area contributed by atoms with E-state index in [0.717, 1.165) is 49.0 Å². The molecule has 2 aliphatic rings. The fourth-order valence-electron chi connectivity index (χ4n) is 3.89. The summed E-state index contributed by atoms with van der Waals surface area (Å²) in [6.07, 6.45) is 1.88. The molecular formula is C24H28N2O5S. The van der Waals surface area contributed by atoms with Gasteiger partial charge in [0.25, 0.3) is 5.91 Å². The molecule has 2 aliphatic heterocycles. The van der Waals surface area contributed by atoms with Crippen LogP contribution in [0.5, 0.6) is 17.2 Å². The third kappa shape index (κ3) is 4.72. The molecule has 1 amide bonds. The van der Waals surface area contributed by atoms with Gasteiger partial charge in [-0.3, -0.25) is 9.69 Å². The van der Waals surface area contributed by atoms with Crippen molar-refractivity contribution in [2.45, 2.75) is 4.90 Å². The van der Waals surface area contributed by atoms with E-state index in [9.17, 15) is 4.79 Å². The van der Waals surface area contributed by atoms with E-state index >= 15 is 0 Å². The molecule has 32 heavy (non-hydrogen) atoms. The van der Waals surface area contributed by atoms with E-state index in [2.05, 4.69) is 11.0 Å². The monoisotopic (exact) mass is 456 g/mol. The van der Waals surface area contributed by atoms with Crippen LogP contribution in [0.15, 0.2) is 46.2 Å². The second-order valence-electron chi connectivity index (χ2n) is 7.45. The number of benzene rings is 2. The molecule has 0 spiro atoms. The second kappa shape index (κ2) is 10.3. The van der Waals surface area contributed by atoms with Crippen molar-refractivity contribution < 1.29 is 23.7 Å². The summed E-state index contributed by atoms with van der Waals surface area (Å²) in [4.78, 5) is 19.4. The smallest absolute Gasteiger partial charge is 0.265 e. The third-order valence-corrected chi connectivity index (χ3v) is 6.64. The number of carbonyl (C=O) groups excluding carboxylic acids is 1. The van der Waals surface area contributed by atoms with Crippen molar-refractivity contribution in [3.63, 3.8) is 0 Å². The Morgan fingerprint density at radius 2 is 1.69 bits per heavy atom. The van der Waals surface area contributed by atoms with Gasteiger partial charge in [-0.2, -0.15) is 0 Å². The molecule has 0 aliphatic carbocycles. The van der Waals surface area contributed by atoms with Crippen molar-refractivity contribution in [3.8, 4) is 17.2 Å². The van der Waals surface area contributed by atoms with E-state index in [1.165, 1.54) is 11.8 Å². The predicted molar refractivity (Wildman–Crippen MR) is 126 cm³/mol. The van der Waals surface area contributed by atoms with Gasteiger partial charge < -0.3 is 23.8 Å². The molecule has 0 radical (unpaired) electrons. The largest absolute Gasteiger partial charge is 0.493 e. The Kier molecular flexibility index (Phi) is 7.24. The minimum absolute atomic E-state index is 0.00397. The Morgan fingerprint density at radius 1 is 1.00 bits per heavy atom. The van der Waals surface area contributed by atoms with E-state index in [1.54, 1.807) is 21.3 Å². The molecule has 1 fully saturated rings. The summed E-state index contributed by atoms with van der Waals surface area (Å²) in [5, 5.41) is 0. The first-order valence-electron chi connectivity index (χ1n) is 10.5. The number of carbonyl (C=O) groups is 1. The zero-order chi connectivity index (χ0) is 22.5. The first kappa shape index (κ1) is 22.5. The van der Waals surface area contributed by atoms with Crippen LogP contribution in [0, 0.1) is 0 Å². The van der Waals surface area contributed by atoms with Crippen molar-refractivity contribution in [1.82, 2.24) is 4.90 Å². The third-order valence-electron chi connectivity index (χ3n) is 5.56. The number of rotatable bonds is 7. The van der Waals surface area contributed by atoms with Gasteiger partial charge >= 0.3 is 0 Å². The van der Waals surface area contributed by atoms with Gasteiger partial charge in [0, 0.05) is 31.1 Å². The number of nitrogens with zero attached hydrogens (tertiary/aromatic N) is 2. The minimum Gasteiger partial charge on any atom is -0.493 e. The number of morpholine rings is 1. The van der Waals surface area contributed by atoms with Crippen LogP contribution in [0.3, 0.4) is 0 Å². The highest BCUT2D eigenvalue weighted by molar-refractivity contribution is 8.04. The first-order chi connectivity index (χ1) is 15.6. The molecule has 170 valence electrons. The van der Waals surface area contributed by atoms with Crippen LogP contribution < -0.4 is 19.1 Å². The van der Waals surface area contributed by atoms with Crippen LogP contribution in [-0.4, -0.2) is 71.5 Å². The Morgan fingerprint density at radius 3 is 2.34 bits per heavy atom. The summed E-state index contributed by atoms with van der Waals surface area (Å²) in [7, 11) is 4.74. The molecule has 0 unspecified atom stereocenters. The molecule has 2 heterocycles. The van der Waals surface area contributed by atoms with Gasteiger partial charge in [0.15, 0.2) is 11.5 Å². The molecule has 1 saturated heterocycles. The quantitative estimate of drug-likeness (QED) is 0.591. The normalized spacial score (nSPS) is 17.9. The average Bonchev–Trinajstić information content (AvgIpc) is 2.84. The summed E-state index contributed by atoms with van der Waals surface area (Å²) in [6, 6.07) is 11.7. The van der Waals surface area contributed by atoms with Crippen molar-refractivity contribution >= 4 is 29.4 Å². The average molecular weight is 457 g/mol. The Hall–Kier alpha value is -2.68. The molecule has 4 rings (SSSR count). The van der Waals surface area contributed by atoms with Gasteiger partial charge in [-0.25, -0.2) is 0 Å². The second-order valence-corrected chi connectivity index (χ2v) is 8.53. The fourth-order valence-corrected chi connectivity index (χ4v) is 4.95. The van der Waals surface area contributed by atoms with Crippen LogP contribution >= 0.6 is 11.8 Å². The lowest BCUT2D eigenvalue weighted by Gasteiger charge is -2.33. The van der Waals surface area contributed by atoms with Crippen LogP contribution in [-0.2, 0) is 9.53 Å². The number of para-hydroxylation sites is 1. The van der Waals surface area contributed by atoms with Gasteiger partial charge in [-0.1, -0.05) is 23.9 Å². The van der Waals surface area contributed by atoms with Gasteiger partial charge in [-0.15, -0.1) is 0 Å². The number of hydrogen-bond donors (Lipinski definition) is 0. The number of hydrogen-bond acceptors (Lipinski definition) is 7. The molecular weight excluding hydrogens is 428 g/mol. The van der Waals surface area contributed by atoms with Crippen molar-refractivity contribution in [3.05, 3.63) is 46.9 Å². The number of ether oxygens (including phenoxy) is 4. The summed E-state index contributed by atoms with van der Waals surface area (Å²) in [6.45, 7) is 4.72. The Balaban J connectivity index is 1.65. The summed E-state index contributed by atoms with van der Waals surface area (Å²) in [5.41, 5.74) is 1.76. The number of methoxy groups -OCH3 is 3. The van der Waals surface area contributed by atoms with E-state index in [1.807, 2.05) is 41.3 Å². The molecule has 0 N–H and O–H groups in total. The highest BCUT2D eigenvalue weighted by atomic mass is 32.2. The van der Waals surface area contributed by atoms with Crippen LogP contribution in [0.1, 0.15) is 5.56 Å². The van der Waals surface area contributed by atoms with E-state index in [0.29, 0.717) is 28.7 Å². The van der Waals surface area contributed by atoms with Gasteiger partial charge in [0.1, 0.15) is 0 Å². The van der Waals surface area contributed by atoms with Crippen LogP contribution in [0.4, 0.5) is 5.69 Å². The number of fused-ring (bicyclic) bond motifs is 1.